The third-order valence-electron chi connectivity index (χ3n) is 4.73. The van der Waals surface area contributed by atoms with E-state index in [2.05, 4.69) is 0 Å². The Morgan fingerprint density at radius 1 is 1.12 bits per heavy atom. The Bertz CT molecular complexity index is 1160. The van der Waals surface area contributed by atoms with Crippen molar-refractivity contribution in [2.24, 2.45) is 0 Å². The zero-order valence-electron chi connectivity index (χ0n) is 13.9. The van der Waals surface area contributed by atoms with Crippen molar-refractivity contribution >= 4 is 38.3 Å². The lowest BCUT2D eigenvalue weighted by molar-refractivity contribution is 0.0967. The molecule has 3 aromatic rings. The van der Waals surface area contributed by atoms with E-state index in [9.17, 15) is 17.6 Å². The van der Waals surface area contributed by atoms with Crippen LogP contribution in [0.5, 0.6) is 0 Å². The lowest BCUT2D eigenvalue weighted by atomic mass is 9.95. The van der Waals surface area contributed by atoms with Crippen molar-refractivity contribution in [2.75, 3.05) is 0 Å². The van der Waals surface area contributed by atoms with Crippen molar-refractivity contribution in [3.63, 3.8) is 0 Å². The predicted octanol–water partition coefficient (Wildman–Crippen LogP) is 4.50. The molecule has 0 fully saturated rings. The van der Waals surface area contributed by atoms with Gasteiger partial charge in [-0.2, -0.15) is 0 Å². The van der Waals surface area contributed by atoms with Gasteiger partial charge in [0, 0.05) is 11.8 Å². The highest BCUT2D eigenvalue weighted by Gasteiger charge is 2.32. The standard InChI is InChI=1S/C19H15ClFNO3S/c1-11-5-7-12(8-6-11)26(24,25)22-17-10-15(20)16(21)9-14(17)13-3-2-4-18(23)19(13)22/h5-10H,2-4H2,1H3. The lowest BCUT2D eigenvalue weighted by Crippen LogP contribution is -2.21. The van der Waals surface area contributed by atoms with Crippen LogP contribution in [0, 0.1) is 12.7 Å². The minimum absolute atomic E-state index is 0.0709. The number of hydrogen-bond donors (Lipinski definition) is 0. The number of aryl methyl sites for hydroxylation is 2. The van der Waals surface area contributed by atoms with Gasteiger partial charge in [-0.25, -0.2) is 16.8 Å². The topological polar surface area (TPSA) is 56.1 Å². The van der Waals surface area contributed by atoms with E-state index in [0.29, 0.717) is 23.8 Å². The van der Waals surface area contributed by atoms with Gasteiger partial charge in [0.15, 0.2) is 5.78 Å². The highest BCUT2D eigenvalue weighted by Crippen LogP contribution is 2.37. The third-order valence-corrected chi connectivity index (χ3v) is 6.74. The fraction of sp³-hybridized carbons (Fsp3) is 0.211. The summed E-state index contributed by atoms with van der Waals surface area (Å²) in [5.74, 6) is -0.889. The van der Waals surface area contributed by atoms with Gasteiger partial charge >= 0.3 is 0 Å². The number of fused-ring (bicyclic) bond motifs is 3. The molecule has 0 spiro atoms. The molecule has 0 N–H and O–H groups in total. The molecule has 0 radical (unpaired) electrons. The number of Topliss-reactive ketones (excluding diaryl/α,β-unsaturated/α-hetero) is 1. The van der Waals surface area contributed by atoms with Gasteiger partial charge in [0.2, 0.25) is 0 Å². The summed E-state index contributed by atoms with van der Waals surface area (Å²) in [6.45, 7) is 1.86. The number of halogens is 2. The summed E-state index contributed by atoms with van der Waals surface area (Å²) in [6, 6.07) is 8.89. The Hall–Kier alpha value is -2.18. The van der Waals surface area contributed by atoms with Gasteiger partial charge < -0.3 is 0 Å². The van der Waals surface area contributed by atoms with Gasteiger partial charge in [0.05, 0.1) is 15.4 Å². The Morgan fingerprint density at radius 2 is 1.81 bits per heavy atom. The summed E-state index contributed by atoms with van der Waals surface area (Å²) < 4.78 is 41.7. The normalized spacial score (nSPS) is 14.7. The summed E-state index contributed by atoms with van der Waals surface area (Å²) in [5, 5.41) is 0.241. The number of benzene rings is 2. The molecule has 0 unspecified atom stereocenters. The molecule has 2 aromatic carbocycles. The minimum Gasteiger partial charge on any atom is -0.292 e. The van der Waals surface area contributed by atoms with Gasteiger partial charge in [-0.3, -0.25) is 4.79 Å². The first-order chi connectivity index (χ1) is 12.3. The van der Waals surface area contributed by atoms with Crippen LogP contribution in [0.25, 0.3) is 10.9 Å². The fourth-order valence-electron chi connectivity index (χ4n) is 3.46. The second-order valence-electron chi connectivity index (χ2n) is 6.47. The van der Waals surface area contributed by atoms with Crippen LogP contribution < -0.4 is 0 Å². The molecule has 1 aromatic heterocycles. The van der Waals surface area contributed by atoms with Crippen LogP contribution in [0.2, 0.25) is 5.02 Å². The van der Waals surface area contributed by atoms with E-state index in [4.69, 9.17) is 11.6 Å². The molecule has 26 heavy (non-hydrogen) atoms. The van der Waals surface area contributed by atoms with Crippen molar-refractivity contribution in [3.05, 3.63) is 64.1 Å². The van der Waals surface area contributed by atoms with Crippen LogP contribution in [0.4, 0.5) is 4.39 Å². The Morgan fingerprint density at radius 3 is 2.50 bits per heavy atom. The first kappa shape index (κ1) is 17.2. The fourth-order valence-corrected chi connectivity index (χ4v) is 5.17. The summed E-state index contributed by atoms with van der Waals surface area (Å²) >= 11 is 5.91. The van der Waals surface area contributed by atoms with Crippen LogP contribution in [-0.2, 0) is 16.4 Å². The molecule has 4 nitrogen and oxygen atoms in total. The van der Waals surface area contributed by atoms with Crippen molar-refractivity contribution in [1.29, 1.82) is 0 Å². The zero-order chi connectivity index (χ0) is 18.6. The third kappa shape index (κ3) is 2.47. The highest BCUT2D eigenvalue weighted by molar-refractivity contribution is 7.90. The number of nitrogens with zero attached hydrogens (tertiary/aromatic N) is 1. The zero-order valence-corrected chi connectivity index (χ0v) is 15.5. The molecule has 1 aliphatic carbocycles. The lowest BCUT2D eigenvalue weighted by Gasteiger charge is -2.15. The van der Waals surface area contributed by atoms with Crippen molar-refractivity contribution in [2.45, 2.75) is 31.1 Å². The number of carbonyl (C=O) groups excluding carboxylic acids is 1. The minimum atomic E-state index is -4.03. The highest BCUT2D eigenvalue weighted by atomic mass is 35.5. The summed E-state index contributed by atoms with van der Waals surface area (Å²) in [6.07, 6.45) is 1.40. The maximum Gasteiger partial charge on any atom is 0.268 e. The molecule has 4 rings (SSSR count). The van der Waals surface area contributed by atoms with Crippen LogP contribution in [0.1, 0.15) is 34.5 Å². The Kier molecular flexibility index (Phi) is 3.93. The average molecular weight is 392 g/mol. The van der Waals surface area contributed by atoms with Crippen molar-refractivity contribution in [1.82, 2.24) is 3.97 Å². The maximum absolute atomic E-state index is 14.0. The van der Waals surface area contributed by atoms with Crippen LogP contribution in [0.15, 0.2) is 41.3 Å². The van der Waals surface area contributed by atoms with E-state index in [-0.39, 0.29) is 33.3 Å². The Balaban J connectivity index is 2.12. The molecule has 0 saturated heterocycles. The number of hydrogen-bond acceptors (Lipinski definition) is 3. The molecule has 1 aliphatic rings. The number of rotatable bonds is 2. The van der Waals surface area contributed by atoms with E-state index in [0.717, 1.165) is 9.54 Å². The average Bonchev–Trinajstić information content (AvgIpc) is 2.91. The number of ketones is 1. The van der Waals surface area contributed by atoms with Gasteiger partial charge in [-0.05, 0) is 49.6 Å². The van der Waals surface area contributed by atoms with E-state index in [1.165, 1.54) is 24.3 Å². The summed E-state index contributed by atoms with van der Waals surface area (Å²) in [7, 11) is -4.03. The molecule has 7 heteroatoms. The molecule has 1 heterocycles. The van der Waals surface area contributed by atoms with Crippen molar-refractivity contribution in [3.8, 4) is 0 Å². The first-order valence-corrected chi connectivity index (χ1v) is 10.0. The van der Waals surface area contributed by atoms with E-state index >= 15 is 0 Å². The van der Waals surface area contributed by atoms with Gasteiger partial charge in [0.1, 0.15) is 11.5 Å². The SMILES string of the molecule is Cc1ccc(S(=O)(=O)n2c3c(c4cc(F)c(Cl)cc42)CCCC3=O)cc1. The van der Waals surface area contributed by atoms with Crippen LogP contribution in [-0.4, -0.2) is 18.2 Å². The summed E-state index contributed by atoms with van der Waals surface area (Å²) in [4.78, 5) is 12.6. The smallest absolute Gasteiger partial charge is 0.268 e. The molecule has 134 valence electrons. The van der Waals surface area contributed by atoms with E-state index in [1.807, 2.05) is 6.92 Å². The molecular formula is C19H15ClFNO3S. The Labute approximate surface area is 155 Å². The number of aromatic nitrogens is 1. The molecule has 0 saturated carbocycles. The van der Waals surface area contributed by atoms with Gasteiger partial charge in [-0.1, -0.05) is 29.3 Å². The van der Waals surface area contributed by atoms with Gasteiger partial charge in [-0.15, -0.1) is 0 Å². The quantitative estimate of drug-likeness (QED) is 0.646. The molecule has 0 bridgehead atoms. The van der Waals surface area contributed by atoms with Crippen LogP contribution >= 0.6 is 11.6 Å². The largest absolute Gasteiger partial charge is 0.292 e. The van der Waals surface area contributed by atoms with Crippen LogP contribution in [0.3, 0.4) is 0 Å². The first-order valence-electron chi connectivity index (χ1n) is 8.18. The molecule has 0 atom stereocenters. The molecule has 0 aliphatic heterocycles. The van der Waals surface area contributed by atoms with Gasteiger partial charge in [0.25, 0.3) is 10.0 Å². The summed E-state index contributed by atoms with van der Waals surface area (Å²) in [5.41, 5.74) is 1.85. The second kappa shape index (κ2) is 5.93. The number of carbonyl (C=O) groups is 1. The van der Waals surface area contributed by atoms with E-state index in [1.54, 1.807) is 12.1 Å². The molecular weight excluding hydrogens is 377 g/mol. The van der Waals surface area contributed by atoms with Crippen molar-refractivity contribution < 1.29 is 17.6 Å². The predicted molar refractivity (Wildman–Crippen MR) is 97.9 cm³/mol. The monoisotopic (exact) mass is 391 g/mol. The van der Waals surface area contributed by atoms with E-state index < -0.39 is 15.8 Å². The maximum atomic E-state index is 14.0. The second-order valence-corrected chi connectivity index (χ2v) is 8.66. The molecule has 0 amide bonds.